The average Bonchev–Trinajstić information content (AvgIpc) is 2.90. The molecule has 1 saturated carbocycles. The molecule has 0 saturated heterocycles. The lowest BCUT2D eigenvalue weighted by atomic mass is 9.94. The van der Waals surface area contributed by atoms with E-state index in [4.69, 9.17) is 4.74 Å². The van der Waals surface area contributed by atoms with Crippen LogP contribution in [0.4, 0.5) is 5.69 Å². The number of esters is 1. The van der Waals surface area contributed by atoms with E-state index in [2.05, 4.69) is 17.4 Å². The van der Waals surface area contributed by atoms with E-state index >= 15 is 0 Å². The normalized spacial score (nSPS) is 15.9. The van der Waals surface area contributed by atoms with E-state index in [0.717, 1.165) is 23.7 Å². The second-order valence-corrected chi connectivity index (χ2v) is 6.99. The fourth-order valence-electron chi connectivity index (χ4n) is 3.51. The maximum absolute atomic E-state index is 11.3. The molecule has 0 radical (unpaired) electrons. The van der Waals surface area contributed by atoms with Crippen LogP contribution in [0, 0.1) is 5.92 Å². The highest BCUT2D eigenvalue weighted by molar-refractivity contribution is 5.87. The number of unbranched alkanes of at least 4 members (excludes halogenated alkanes) is 1. The lowest BCUT2D eigenvalue weighted by molar-refractivity contribution is -0.137. The van der Waals surface area contributed by atoms with Crippen LogP contribution >= 0.6 is 0 Å². The number of carbonyl (C=O) groups is 1. The second kappa shape index (κ2) is 11.7. The van der Waals surface area contributed by atoms with Gasteiger partial charge >= 0.3 is 5.97 Å². The van der Waals surface area contributed by atoms with Crippen LogP contribution in [0.2, 0.25) is 0 Å². The molecule has 0 atom stereocenters. The Balaban J connectivity index is 1.61. The first-order chi connectivity index (χ1) is 12.3. The van der Waals surface area contributed by atoms with Gasteiger partial charge in [-0.25, -0.2) is 4.79 Å². The van der Waals surface area contributed by atoms with Crippen molar-refractivity contribution in [1.29, 1.82) is 0 Å². The fourth-order valence-corrected chi connectivity index (χ4v) is 3.51. The van der Waals surface area contributed by atoms with Crippen molar-refractivity contribution in [2.24, 2.45) is 5.92 Å². The van der Waals surface area contributed by atoms with Crippen molar-refractivity contribution in [3.63, 3.8) is 0 Å². The predicted molar refractivity (Wildman–Crippen MR) is 106 cm³/mol. The molecule has 3 nitrogen and oxygen atoms in total. The molecule has 0 spiro atoms. The van der Waals surface area contributed by atoms with E-state index in [0.29, 0.717) is 6.61 Å². The zero-order valence-corrected chi connectivity index (χ0v) is 15.6. The molecule has 25 heavy (non-hydrogen) atoms. The Hall–Kier alpha value is -1.77. The molecule has 0 amide bonds. The van der Waals surface area contributed by atoms with E-state index in [9.17, 15) is 4.79 Å². The Morgan fingerprint density at radius 1 is 1.12 bits per heavy atom. The summed E-state index contributed by atoms with van der Waals surface area (Å²) >= 11 is 0. The minimum absolute atomic E-state index is 0.293. The third-order valence-corrected chi connectivity index (χ3v) is 4.95. The Labute approximate surface area is 152 Å². The molecule has 138 valence electrons. The van der Waals surface area contributed by atoms with Gasteiger partial charge in [0.05, 0.1) is 6.61 Å². The quantitative estimate of drug-likeness (QED) is 0.266. The van der Waals surface area contributed by atoms with Crippen molar-refractivity contribution in [2.45, 2.75) is 64.7 Å². The number of carbonyl (C=O) groups excluding carboxylic acids is 1. The molecule has 0 heterocycles. The molecule has 1 aliphatic rings. The third kappa shape index (κ3) is 8.24. The molecule has 2 rings (SSSR count). The van der Waals surface area contributed by atoms with Gasteiger partial charge in [0.25, 0.3) is 0 Å². The van der Waals surface area contributed by atoms with Crippen molar-refractivity contribution in [2.75, 3.05) is 18.5 Å². The monoisotopic (exact) mass is 343 g/mol. The number of hydrogen-bond acceptors (Lipinski definition) is 3. The molecule has 3 heteroatoms. The number of rotatable bonds is 9. The highest BCUT2D eigenvalue weighted by Crippen LogP contribution is 2.26. The van der Waals surface area contributed by atoms with Crippen LogP contribution in [-0.2, 0) is 9.53 Å². The summed E-state index contributed by atoms with van der Waals surface area (Å²) in [7, 11) is 0. The van der Waals surface area contributed by atoms with Crippen molar-refractivity contribution < 1.29 is 9.53 Å². The van der Waals surface area contributed by atoms with E-state index in [1.54, 1.807) is 6.08 Å². The SMILES string of the molecule is CCOC(=O)/C=C/c1ccc(NCCCCC2CCCCCC2)cc1. The molecule has 0 aromatic heterocycles. The van der Waals surface area contributed by atoms with Crippen molar-refractivity contribution in [1.82, 2.24) is 0 Å². The Morgan fingerprint density at radius 2 is 1.84 bits per heavy atom. The summed E-state index contributed by atoms with van der Waals surface area (Å²) in [4.78, 5) is 11.3. The summed E-state index contributed by atoms with van der Waals surface area (Å²) in [5.74, 6) is 0.686. The number of hydrogen-bond donors (Lipinski definition) is 1. The van der Waals surface area contributed by atoms with Gasteiger partial charge in [0.15, 0.2) is 0 Å². The Bertz CT molecular complexity index is 513. The van der Waals surface area contributed by atoms with Crippen LogP contribution in [0.1, 0.15) is 70.3 Å². The van der Waals surface area contributed by atoms with E-state index < -0.39 is 0 Å². The van der Waals surface area contributed by atoms with Gasteiger partial charge < -0.3 is 10.1 Å². The highest BCUT2D eigenvalue weighted by atomic mass is 16.5. The molecule has 1 aromatic carbocycles. The van der Waals surface area contributed by atoms with Gasteiger partial charge in [0.2, 0.25) is 0 Å². The van der Waals surface area contributed by atoms with Crippen molar-refractivity contribution in [3.8, 4) is 0 Å². The molecule has 1 aliphatic carbocycles. The van der Waals surface area contributed by atoms with Gasteiger partial charge in [-0.15, -0.1) is 0 Å². The Kier molecular flexibility index (Phi) is 9.17. The summed E-state index contributed by atoms with van der Waals surface area (Å²) in [5.41, 5.74) is 2.15. The minimum Gasteiger partial charge on any atom is -0.463 e. The third-order valence-electron chi connectivity index (χ3n) is 4.95. The summed E-state index contributed by atoms with van der Waals surface area (Å²) in [5, 5.41) is 3.49. The van der Waals surface area contributed by atoms with Gasteiger partial charge in [-0.2, -0.15) is 0 Å². The van der Waals surface area contributed by atoms with Gasteiger partial charge in [-0.3, -0.25) is 0 Å². The topological polar surface area (TPSA) is 38.3 Å². The lowest BCUT2D eigenvalue weighted by Crippen LogP contribution is -2.04. The van der Waals surface area contributed by atoms with E-state index in [1.165, 1.54) is 63.9 Å². The number of nitrogens with one attached hydrogen (secondary N) is 1. The standard InChI is InChI=1S/C22H33NO2/c1-2-25-22(24)17-14-20-12-15-21(16-13-20)23-18-8-7-11-19-9-5-3-4-6-10-19/h12-17,19,23H,2-11,18H2,1H3/b17-14+. The van der Waals surface area contributed by atoms with Crippen molar-refractivity contribution >= 4 is 17.7 Å². The van der Waals surface area contributed by atoms with Crippen LogP contribution in [0.15, 0.2) is 30.3 Å². The summed E-state index contributed by atoms with van der Waals surface area (Å²) in [6, 6.07) is 8.17. The zero-order valence-electron chi connectivity index (χ0n) is 15.6. The second-order valence-electron chi connectivity index (χ2n) is 6.99. The molecule has 0 bridgehead atoms. The lowest BCUT2D eigenvalue weighted by Gasteiger charge is -2.13. The molecule has 0 unspecified atom stereocenters. The number of anilines is 1. The van der Waals surface area contributed by atoms with E-state index in [-0.39, 0.29) is 5.97 Å². The smallest absolute Gasteiger partial charge is 0.330 e. The summed E-state index contributed by atoms with van der Waals surface area (Å²) < 4.78 is 4.88. The van der Waals surface area contributed by atoms with Gasteiger partial charge in [-0.05, 0) is 43.0 Å². The number of benzene rings is 1. The maximum atomic E-state index is 11.3. The van der Waals surface area contributed by atoms with Crippen LogP contribution in [0.25, 0.3) is 6.08 Å². The van der Waals surface area contributed by atoms with Gasteiger partial charge in [-0.1, -0.05) is 63.5 Å². The van der Waals surface area contributed by atoms with Crippen molar-refractivity contribution in [3.05, 3.63) is 35.9 Å². The van der Waals surface area contributed by atoms with Gasteiger partial charge in [0, 0.05) is 18.3 Å². The first-order valence-electron chi connectivity index (χ1n) is 9.96. The van der Waals surface area contributed by atoms with Gasteiger partial charge in [0.1, 0.15) is 0 Å². The molecule has 1 fully saturated rings. The average molecular weight is 344 g/mol. The molecular weight excluding hydrogens is 310 g/mol. The first kappa shape index (κ1) is 19.6. The highest BCUT2D eigenvalue weighted by Gasteiger charge is 2.11. The summed E-state index contributed by atoms with van der Waals surface area (Å²) in [6.07, 6.45) is 15.9. The molecule has 1 aromatic rings. The fraction of sp³-hybridized carbons (Fsp3) is 0.591. The van der Waals surface area contributed by atoms with Crippen LogP contribution in [-0.4, -0.2) is 19.1 Å². The zero-order chi connectivity index (χ0) is 17.7. The molecule has 1 N–H and O–H groups in total. The number of ether oxygens (including phenoxy) is 1. The molecular formula is C22H33NO2. The van der Waals surface area contributed by atoms with E-state index in [1.807, 2.05) is 19.1 Å². The first-order valence-corrected chi connectivity index (χ1v) is 9.96. The molecule has 0 aliphatic heterocycles. The van der Waals surface area contributed by atoms with Crippen LogP contribution in [0.5, 0.6) is 0 Å². The maximum Gasteiger partial charge on any atom is 0.330 e. The summed E-state index contributed by atoms with van der Waals surface area (Å²) in [6.45, 7) is 3.25. The minimum atomic E-state index is -0.293. The predicted octanol–water partition coefficient (Wildman–Crippen LogP) is 5.82. The van der Waals surface area contributed by atoms with Crippen LogP contribution in [0.3, 0.4) is 0 Å². The van der Waals surface area contributed by atoms with Crippen LogP contribution < -0.4 is 5.32 Å². The Morgan fingerprint density at radius 3 is 2.52 bits per heavy atom. The largest absolute Gasteiger partial charge is 0.463 e.